The molecule has 0 aromatic rings. The molecular formula is C13H19NO4. The second-order valence-electron chi connectivity index (χ2n) is 5.70. The smallest absolute Gasteiger partial charge is 0.306 e. The molecule has 2 rings (SSSR count). The average Bonchev–Trinajstić information content (AvgIpc) is 2.27. The minimum atomic E-state index is -0.818. The van der Waals surface area contributed by atoms with Crippen molar-refractivity contribution in [3.8, 4) is 0 Å². The van der Waals surface area contributed by atoms with Gasteiger partial charge in [0.25, 0.3) is 0 Å². The number of fused-ring (bicyclic) bond motifs is 2. The van der Waals surface area contributed by atoms with Gasteiger partial charge in [0.1, 0.15) is 5.78 Å². The summed E-state index contributed by atoms with van der Waals surface area (Å²) < 4.78 is 0. The Morgan fingerprint density at radius 3 is 2.11 bits per heavy atom. The second kappa shape index (κ2) is 4.71. The molecule has 1 heterocycles. The Balaban J connectivity index is 2.11. The maximum absolute atomic E-state index is 12.0. The van der Waals surface area contributed by atoms with Gasteiger partial charge in [-0.05, 0) is 12.8 Å². The van der Waals surface area contributed by atoms with Crippen LogP contribution in [-0.2, 0) is 14.4 Å². The zero-order valence-electron chi connectivity index (χ0n) is 10.8. The lowest BCUT2D eigenvalue weighted by Crippen LogP contribution is -2.54. The molecule has 1 saturated heterocycles. The first-order chi connectivity index (χ1) is 8.40. The number of ketones is 1. The number of Topliss-reactive ketones (excluding diaryl/α,β-unsaturated/α-hetero) is 1. The van der Waals surface area contributed by atoms with E-state index in [1.807, 2.05) is 13.8 Å². The Morgan fingerprint density at radius 1 is 1.22 bits per heavy atom. The van der Waals surface area contributed by atoms with E-state index in [2.05, 4.69) is 0 Å². The highest BCUT2D eigenvalue weighted by molar-refractivity contribution is 5.89. The summed E-state index contributed by atoms with van der Waals surface area (Å²) in [6, 6.07) is 0. The number of amides is 1. The predicted molar refractivity (Wildman–Crippen MR) is 63.8 cm³/mol. The van der Waals surface area contributed by atoms with E-state index in [1.165, 1.54) is 0 Å². The van der Waals surface area contributed by atoms with Crippen LogP contribution in [0.2, 0.25) is 0 Å². The van der Waals surface area contributed by atoms with E-state index in [9.17, 15) is 14.4 Å². The molecule has 0 aromatic heterocycles. The first-order valence-electron chi connectivity index (χ1n) is 6.45. The second-order valence-corrected chi connectivity index (χ2v) is 5.70. The fourth-order valence-corrected chi connectivity index (χ4v) is 3.03. The van der Waals surface area contributed by atoms with Crippen LogP contribution in [0.25, 0.3) is 0 Å². The number of carboxylic acid groups (broad SMARTS) is 1. The van der Waals surface area contributed by atoms with Gasteiger partial charge in [0.15, 0.2) is 0 Å². The van der Waals surface area contributed by atoms with Gasteiger partial charge in [-0.2, -0.15) is 0 Å². The Bertz CT molecular complexity index is 372. The monoisotopic (exact) mass is 253 g/mol. The zero-order valence-corrected chi connectivity index (χ0v) is 10.8. The van der Waals surface area contributed by atoms with Gasteiger partial charge in [-0.25, -0.2) is 0 Å². The van der Waals surface area contributed by atoms with Crippen LogP contribution in [0.3, 0.4) is 0 Å². The van der Waals surface area contributed by atoms with E-state index in [1.54, 1.807) is 4.90 Å². The van der Waals surface area contributed by atoms with Crippen molar-refractivity contribution in [1.29, 1.82) is 0 Å². The minimum Gasteiger partial charge on any atom is -0.481 e. The van der Waals surface area contributed by atoms with Crippen LogP contribution in [0.5, 0.6) is 0 Å². The van der Waals surface area contributed by atoms with E-state index < -0.39 is 11.9 Å². The number of piperidine rings is 1. The van der Waals surface area contributed by atoms with Crippen LogP contribution in [0.4, 0.5) is 0 Å². The first-order valence-corrected chi connectivity index (χ1v) is 6.45. The maximum Gasteiger partial charge on any atom is 0.306 e. The van der Waals surface area contributed by atoms with Crippen molar-refractivity contribution >= 4 is 17.7 Å². The molecule has 0 radical (unpaired) electrons. The molecular weight excluding hydrogens is 234 g/mol. The Hall–Kier alpha value is -1.39. The van der Waals surface area contributed by atoms with Gasteiger partial charge >= 0.3 is 5.97 Å². The van der Waals surface area contributed by atoms with Crippen molar-refractivity contribution in [2.45, 2.75) is 26.7 Å². The lowest BCUT2D eigenvalue weighted by Gasteiger charge is -2.42. The zero-order chi connectivity index (χ0) is 13.4. The van der Waals surface area contributed by atoms with E-state index in [4.69, 9.17) is 5.11 Å². The van der Waals surface area contributed by atoms with Crippen molar-refractivity contribution in [3.05, 3.63) is 0 Å². The number of hydrogen-bond acceptors (Lipinski definition) is 3. The standard InChI is InChI=1S/C13H19NO4/c1-7(2)12(16)14-5-9-3-8(13(17)18)4-10(6-14)11(9)15/h7-10H,3-6H2,1-2H3,(H,17,18). The summed E-state index contributed by atoms with van der Waals surface area (Å²) in [6.45, 7) is 4.48. The molecule has 2 bridgehead atoms. The van der Waals surface area contributed by atoms with Gasteiger partial charge in [0.05, 0.1) is 5.92 Å². The van der Waals surface area contributed by atoms with Gasteiger partial charge < -0.3 is 10.0 Å². The van der Waals surface area contributed by atoms with Gasteiger partial charge in [0.2, 0.25) is 5.91 Å². The van der Waals surface area contributed by atoms with Crippen molar-refractivity contribution in [2.24, 2.45) is 23.7 Å². The molecule has 5 nitrogen and oxygen atoms in total. The summed E-state index contributed by atoms with van der Waals surface area (Å²) in [7, 11) is 0. The number of carboxylic acids is 1. The van der Waals surface area contributed by atoms with Gasteiger partial charge in [-0.15, -0.1) is 0 Å². The number of hydrogen-bond donors (Lipinski definition) is 1. The van der Waals surface area contributed by atoms with Crippen LogP contribution < -0.4 is 0 Å². The first kappa shape index (κ1) is 13.1. The Morgan fingerprint density at radius 2 is 1.72 bits per heavy atom. The van der Waals surface area contributed by atoms with Crippen molar-refractivity contribution in [2.75, 3.05) is 13.1 Å². The highest BCUT2D eigenvalue weighted by Crippen LogP contribution is 2.35. The predicted octanol–water partition coefficient (Wildman–Crippen LogP) is 0.781. The summed E-state index contributed by atoms with van der Waals surface area (Å²) in [4.78, 5) is 36.7. The SMILES string of the molecule is CC(C)C(=O)N1CC2CC(C(=O)O)CC(C1)C2=O. The van der Waals surface area contributed by atoms with Crippen LogP contribution in [0.1, 0.15) is 26.7 Å². The number of aliphatic carboxylic acids is 1. The van der Waals surface area contributed by atoms with Crippen molar-refractivity contribution in [1.82, 2.24) is 4.90 Å². The molecule has 1 aliphatic carbocycles. The lowest BCUT2D eigenvalue weighted by atomic mass is 9.71. The summed E-state index contributed by atoms with van der Waals surface area (Å²) >= 11 is 0. The van der Waals surface area contributed by atoms with Crippen LogP contribution in [0.15, 0.2) is 0 Å². The van der Waals surface area contributed by atoms with Gasteiger partial charge in [-0.1, -0.05) is 13.8 Å². The Kier molecular flexibility index (Phi) is 3.41. The van der Waals surface area contributed by atoms with Gasteiger partial charge in [0, 0.05) is 30.8 Å². The molecule has 2 fully saturated rings. The molecule has 18 heavy (non-hydrogen) atoms. The third kappa shape index (κ3) is 2.26. The highest BCUT2D eigenvalue weighted by Gasteiger charge is 2.45. The number of likely N-dealkylation sites (tertiary alicyclic amines) is 1. The summed E-state index contributed by atoms with van der Waals surface area (Å²) in [5, 5.41) is 9.05. The molecule has 1 aliphatic heterocycles. The van der Waals surface area contributed by atoms with E-state index in [0.717, 1.165) is 0 Å². The molecule has 100 valence electrons. The third-order valence-corrected chi connectivity index (χ3v) is 3.98. The maximum atomic E-state index is 12.0. The van der Waals surface area contributed by atoms with E-state index in [0.29, 0.717) is 25.9 Å². The van der Waals surface area contributed by atoms with E-state index in [-0.39, 0.29) is 29.4 Å². The van der Waals surface area contributed by atoms with Crippen LogP contribution in [0, 0.1) is 23.7 Å². The molecule has 5 heteroatoms. The highest BCUT2D eigenvalue weighted by atomic mass is 16.4. The number of carbonyl (C=O) groups is 3. The largest absolute Gasteiger partial charge is 0.481 e. The third-order valence-electron chi connectivity index (χ3n) is 3.98. The topological polar surface area (TPSA) is 74.7 Å². The molecule has 2 atom stereocenters. The summed E-state index contributed by atoms with van der Waals surface area (Å²) in [5.74, 6) is -1.65. The quantitative estimate of drug-likeness (QED) is 0.789. The lowest BCUT2D eigenvalue weighted by molar-refractivity contribution is -0.152. The van der Waals surface area contributed by atoms with Crippen molar-refractivity contribution < 1.29 is 19.5 Å². The van der Waals surface area contributed by atoms with E-state index >= 15 is 0 Å². The molecule has 2 unspecified atom stereocenters. The molecule has 2 aliphatic rings. The van der Waals surface area contributed by atoms with Gasteiger partial charge in [-0.3, -0.25) is 14.4 Å². The molecule has 0 spiro atoms. The number of rotatable bonds is 2. The van der Waals surface area contributed by atoms with Crippen molar-refractivity contribution in [3.63, 3.8) is 0 Å². The molecule has 1 saturated carbocycles. The minimum absolute atomic E-state index is 0.0614. The Labute approximate surface area is 106 Å². The number of carbonyl (C=O) groups excluding carboxylic acids is 2. The summed E-state index contributed by atoms with van der Waals surface area (Å²) in [5.41, 5.74) is 0. The molecule has 1 amide bonds. The normalized spacial score (nSPS) is 31.6. The van der Waals surface area contributed by atoms with Crippen LogP contribution >= 0.6 is 0 Å². The fourth-order valence-electron chi connectivity index (χ4n) is 3.03. The fraction of sp³-hybridized carbons (Fsp3) is 0.769. The average molecular weight is 253 g/mol. The summed E-state index contributed by atoms with van der Waals surface area (Å²) in [6.07, 6.45) is 0.763. The molecule has 0 aromatic carbocycles. The van der Waals surface area contributed by atoms with Crippen LogP contribution in [-0.4, -0.2) is 40.8 Å². The number of nitrogens with zero attached hydrogens (tertiary/aromatic N) is 1. The molecule has 1 N–H and O–H groups in total.